The second kappa shape index (κ2) is 6.63. The van der Waals surface area contributed by atoms with E-state index in [0.29, 0.717) is 0 Å². The minimum Gasteiger partial charge on any atom is -0.504 e. The highest BCUT2D eigenvalue weighted by Gasteiger charge is 2.22. The smallest absolute Gasteiger partial charge is 0.209 e. The molecule has 2 heterocycles. The van der Waals surface area contributed by atoms with Crippen molar-refractivity contribution in [2.24, 2.45) is 7.05 Å². The van der Waals surface area contributed by atoms with Gasteiger partial charge >= 0.3 is 0 Å². The second-order valence-corrected chi connectivity index (χ2v) is 5.68. The number of thioether (sulfide) groups is 1. The number of aromatic hydroxyl groups is 2. The van der Waals surface area contributed by atoms with Crippen molar-refractivity contribution in [1.29, 1.82) is 0 Å². The predicted molar refractivity (Wildman–Crippen MR) is 84.1 cm³/mol. The number of benzene rings is 1. The monoisotopic (exact) mass is 373 g/mol. The fraction of sp³-hybridized carbons (Fsp3) is 0.417. The van der Waals surface area contributed by atoms with Crippen LogP contribution in [0.25, 0.3) is 0 Å². The lowest BCUT2D eigenvalue weighted by molar-refractivity contribution is 0.399. The van der Waals surface area contributed by atoms with Gasteiger partial charge in [-0.15, -0.1) is 22.1 Å². The minimum atomic E-state index is -0.0808. The molecule has 1 aromatic heterocycles. The Morgan fingerprint density at radius 3 is 2.86 bits per heavy atom. The number of phenols is 2. The number of aryl methyl sites for hydroxylation is 1. The number of hydrogen-bond acceptors (Lipinski definition) is 7. The third-order valence-electron chi connectivity index (χ3n) is 3.36. The molecule has 3 rings (SSSR count). The normalized spacial score (nSPS) is 17.1. The number of nitrogens with one attached hydrogen (secondary N) is 1. The quantitative estimate of drug-likeness (QED) is 0.548. The van der Waals surface area contributed by atoms with E-state index in [4.69, 9.17) is 0 Å². The maximum Gasteiger partial charge on any atom is 0.209 e. The van der Waals surface area contributed by atoms with Gasteiger partial charge in [-0.25, -0.2) is 4.68 Å². The third kappa shape index (κ3) is 3.30. The first-order valence-corrected chi connectivity index (χ1v) is 7.27. The van der Waals surface area contributed by atoms with Crippen molar-refractivity contribution >= 4 is 28.7 Å². The Morgan fingerprint density at radius 1 is 1.38 bits per heavy atom. The Labute approximate surface area is 136 Å². The highest BCUT2D eigenvalue weighted by molar-refractivity contribution is 8.93. The van der Waals surface area contributed by atoms with Gasteiger partial charge < -0.3 is 15.5 Å². The Hall–Kier alpha value is -1.32. The summed E-state index contributed by atoms with van der Waals surface area (Å²) in [5, 5.41) is 34.7. The van der Waals surface area contributed by atoms with Crippen molar-refractivity contribution in [2.45, 2.75) is 17.6 Å². The van der Waals surface area contributed by atoms with Crippen LogP contribution >= 0.6 is 28.7 Å². The maximum absolute atomic E-state index is 9.67. The molecule has 0 aliphatic carbocycles. The summed E-state index contributed by atoms with van der Waals surface area (Å²) < 4.78 is 1.63. The topological polar surface area (TPSA) is 96.1 Å². The average Bonchev–Trinajstić information content (AvgIpc) is 2.83. The van der Waals surface area contributed by atoms with Gasteiger partial charge in [-0.2, -0.15) is 0 Å². The molecule has 0 saturated heterocycles. The van der Waals surface area contributed by atoms with E-state index >= 15 is 0 Å². The first-order chi connectivity index (χ1) is 9.65. The van der Waals surface area contributed by atoms with Gasteiger partial charge in [-0.3, -0.25) is 0 Å². The van der Waals surface area contributed by atoms with Gasteiger partial charge in [0.05, 0.1) is 0 Å². The molecule has 3 N–H and O–H groups in total. The van der Waals surface area contributed by atoms with Crippen LogP contribution in [-0.2, 0) is 13.5 Å². The molecular weight excluding hydrogens is 358 g/mol. The van der Waals surface area contributed by atoms with Crippen molar-refractivity contribution in [3.8, 4) is 11.5 Å². The van der Waals surface area contributed by atoms with E-state index in [9.17, 15) is 10.2 Å². The van der Waals surface area contributed by atoms with E-state index < -0.39 is 0 Å². The fourth-order valence-corrected chi connectivity index (χ4v) is 3.25. The van der Waals surface area contributed by atoms with Crippen LogP contribution in [-0.4, -0.2) is 42.7 Å². The summed E-state index contributed by atoms with van der Waals surface area (Å²) in [5.74, 6) is 0.614. The van der Waals surface area contributed by atoms with Crippen molar-refractivity contribution in [3.05, 3.63) is 23.3 Å². The first kappa shape index (κ1) is 16.1. The van der Waals surface area contributed by atoms with Crippen LogP contribution in [0.15, 0.2) is 17.3 Å². The highest BCUT2D eigenvalue weighted by atomic mass is 79.9. The zero-order chi connectivity index (χ0) is 14.1. The van der Waals surface area contributed by atoms with Crippen LogP contribution < -0.4 is 5.32 Å². The van der Waals surface area contributed by atoms with Gasteiger partial charge in [-0.05, 0) is 46.7 Å². The predicted octanol–water partition coefficient (Wildman–Crippen LogP) is 1.18. The molecule has 0 amide bonds. The maximum atomic E-state index is 9.67. The van der Waals surface area contributed by atoms with Gasteiger partial charge in [0.2, 0.25) is 5.16 Å². The minimum absolute atomic E-state index is 0. The third-order valence-corrected chi connectivity index (χ3v) is 4.46. The van der Waals surface area contributed by atoms with E-state index in [2.05, 4.69) is 20.8 Å². The van der Waals surface area contributed by atoms with Gasteiger partial charge in [0.25, 0.3) is 0 Å². The number of aromatic nitrogens is 4. The van der Waals surface area contributed by atoms with Crippen molar-refractivity contribution in [2.75, 3.05) is 12.3 Å². The molecule has 1 aromatic carbocycles. The fourth-order valence-electron chi connectivity index (χ4n) is 2.32. The van der Waals surface area contributed by atoms with Crippen LogP contribution in [0.4, 0.5) is 0 Å². The van der Waals surface area contributed by atoms with Crippen molar-refractivity contribution < 1.29 is 10.2 Å². The molecule has 0 bridgehead atoms. The number of tetrazole rings is 1. The van der Waals surface area contributed by atoms with E-state index in [1.54, 1.807) is 35.6 Å². The second-order valence-electron chi connectivity index (χ2n) is 4.69. The molecular formula is C12H16BrN5O2S. The zero-order valence-electron chi connectivity index (χ0n) is 11.4. The summed E-state index contributed by atoms with van der Waals surface area (Å²) in [7, 11) is 1.80. The van der Waals surface area contributed by atoms with Gasteiger partial charge in [-0.1, -0.05) is 11.8 Å². The lowest BCUT2D eigenvalue weighted by Crippen LogP contribution is -2.31. The molecule has 0 spiro atoms. The van der Waals surface area contributed by atoms with Crippen LogP contribution in [0.2, 0.25) is 0 Å². The van der Waals surface area contributed by atoms with Gasteiger partial charge in [0, 0.05) is 18.8 Å². The standard InChI is InChI=1S/C12H15N5O2S.BrH/c1-17-12(14-15-16-17)20-6-9-8-5-11(19)10(18)4-7(8)2-3-13-9;/h4-5,9,13,18-19H,2-3,6H2,1H3;1H. The summed E-state index contributed by atoms with van der Waals surface area (Å²) >= 11 is 1.55. The molecule has 21 heavy (non-hydrogen) atoms. The Balaban J connectivity index is 0.00000161. The van der Waals surface area contributed by atoms with E-state index in [1.165, 1.54) is 0 Å². The number of fused-ring (bicyclic) bond motifs is 1. The highest BCUT2D eigenvalue weighted by Crippen LogP contribution is 2.35. The molecule has 114 valence electrons. The molecule has 1 unspecified atom stereocenters. The van der Waals surface area contributed by atoms with Crippen LogP contribution in [0.1, 0.15) is 17.2 Å². The molecule has 0 fully saturated rings. The first-order valence-electron chi connectivity index (χ1n) is 6.28. The molecule has 1 atom stereocenters. The Morgan fingerprint density at radius 2 is 2.14 bits per heavy atom. The largest absolute Gasteiger partial charge is 0.504 e. The summed E-state index contributed by atoms with van der Waals surface area (Å²) in [6, 6.07) is 3.39. The lowest BCUT2D eigenvalue weighted by Gasteiger charge is -2.26. The Bertz CT molecular complexity index is 636. The van der Waals surface area contributed by atoms with Crippen molar-refractivity contribution in [3.63, 3.8) is 0 Å². The molecule has 0 radical (unpaired) electrons. The molecule has 2 aromatic rings. The van der Waals surface area contributed by atoms with E-state index in [0.717, 1.165) is 35.0 Å². The molecule has 1 aliphatic rings. The Kier molecular flexibility index (Phi) is 5.07. The van der Waals surface area contributed by atoms with Crippen LogP contribution in [0.3, 0.4) is 0 Å². The molecule has 9 heteroatoms. The summed E-state index contributed by atoms with van der Waals surface area (Å²) in [6.07, 6.45) is 0.843. The number of nitrogens with zero attached hydrogens (tertiary/aromatic N) is 4. The van der Waals surface area contributed by atoms with Gasteiger partial charge in [0.15, 0.2) is 11.5 Å². The summed E-state index contributed by atoms with van der Waals surface area (Å²) in [5.41, 5.74) is 2.09. The van der Waals surface area contributed by atoms with Crippen molar-refractivity contribution in [1.82, 2.24) is 25.5 Å². The van der Waals surface area contributed by atoms with Crippen LogP contribution in [0, 0.1) is 0 Å². The summed E-state index contributed by atoms with van der Waals surface area (Å²) in [4.78, 5) is 0. The molecule has 0 saturated carbocycles. The zero-order valence-corrected chi connectivity index (χ0v) is 13.9. The number of rotatable bonds is 3. The number of hydrogen-bond donors (Lipinski definition) is 3. The SMILES string of the molecule is Br.Cn1nnnc1SCC1NCCc2cc(O)c(O)cc21. The van der Waals surface area contributed by atoms with E-state index in [1.807, 2.05) is 0 Å². The summed E-state index contributed by atoms with van der Waals surface area (Å²) in [6.45, 7) is 0.847. The lowest BCUT2D eigenvalue weighted by atomic mass is 9.94. The van der Waals surface area contributed by atoms with E-state index in [-0.39, 0.29) is 34.5 Å². The average molecular weight is 374 g/mol. The van der Waals surface area contributed by atoms with Gasteiger partial charge in [0.1, 0.15) is 0 Å². The number of halogens is 1. The van der Waals surface area contributed by atoms with Crippen LogP contribution in [0.5, 0.6) is 11.5 Å². The number of phenolic OH excluding ortho intramolecular Hbond substituents is 2. The molecule has 7 nitrogen and oxygen atoms in total. The molecule has 1 aliphatic heterocycles.